The number of hydrogen-bond donors (Lipinski definition) is 4. The summed E-state index contributed by atoms with van der Waals surface area (Å²) in [7, 11) is 0. The van der Waals surface area contributed by atoms with E-state index < -0.39 is 5.91 Å². The molecule has 0 aliphatic rings. The Morgan fingerprint density at radius 1 is 1.37 bits per heavy atom. The number of amides is 3. The molecule has 1 unspecified atom stereocenters. The molecule has 0 fully saturated rings. The second-order valence-electron chi connectivity index (χ2n) is 4.42. The summed E-state index contributed by atoms with van der Waals surface area (Å²) >= 11 is 0. The molecule has 6 heteroatoms. The molecule has 0 saturated carbocycles. The van der Waals surface area contributed by atoms with E-state index in [9.17, 15) is 9.59 Å². The smallest absolute Gasteiger partial charge is 0.315 e. The summed E-state index contributed by atoms with van der Waals surface area (Å²) < 4.78 is 0. The Balaban J connectivity index is 2.42. The Bertz CT molecular complexity index is 449. The summed E-state index contributed by atoms with van der Waals surface area (Å²) in [5.74, 6) is -0.480. The van der Waals surface area contributed by atoms with Crippen LogP contribution in [0.4, 0.5) is 4.79 Å². The van der Waals surface area contributed by atoms with E-state index in [0.717, 1.165) is 5.56 Å². The first-order valence-electron chi connectivity index (χ1n) is 6.04. The van der Waals surface area contributed by atoms with Gasteiger partial charge in [0, 0.05) is 25.3 Å². The minimum absolute atomic E-state index is 0.0175. The van der Waals surface area contributed by atoms with Gasteiger partial charge < -0.3 is 21.5 Å². The number of urea groups is 1. The van der Waals surface area contributed by atoms with Crippen molar-refractivity contribution in [3.05, 3.63) is 35.4 Å². The fraction of sp³-hybridized carbons (Fsp3) is 0.385. The van der Waals surface area contributed by atoms with E-state index in [1.807, 2.05) is 6.92 Å². The first-order valence-corrected chi connectivity index (χ1v) is 6.04. The van der Waals surface area contributed by atoms with Gasteiger partial charge in [-0.05, 0) is 23.6 Å². The molecule has 104 valence electrons. The van der Waals surface area contributed by atoms with Crippen molar-refractivity contribution < 1.29 is 14.7 Å². The maximum Gasteiger partial charge on any atom is 0.315 e. The van der Waals surface area contributed by atoms with Gasteiger partial charge in [0.1, 0.15) is 0 Å². The normalized spacial score (nSPS) is 11.7. The zero-order chi connectivity index (χ0) is 14.3. The molecule has 1 aromatic rings. The zero-order valence-electron chi connectivity index (χ0n) is 10.8. The first kappa shape index (κ1) is 15.0. The number of benzene rings is 1. The van der Waals surface area contributed by atoms with E-state index in [-0.39, 0.29) is 18.6 Å². The lowest BCUT2D eigenvalue weighted by Crippen LogP contribution is -2.38. The number of nitrogens with one attached hydrogen (secondary N) is 2. The number of rotatable bonds is 6. The molecule has 1 atom stereocenters. The number of aliphatic hydroxyl groups is 1. The molecule has 0 aliphatic carbocycles. The van der Waals surface area contributed by atoms with Crippen molar-refractivity contribution in [3.8, 4) is 0 Å². The molecule has 3 amide bonds. The number of aliphatic hydroxyl groups excluding tert-OH is 1. The summed E-state index contributed by atoms with van der Waals surface area (Å²) in [4.78, 5) is 22.5. The predicted octanol–water partition coefficient (Wildman–Crippen LogP) is 0.213. The van der Waals surface area contributed by atoms with Crippen molar-refractivity contribution in [1.29, 1.82) is 0 Å². The summed E-state index contributed by atoms with van der Waals surface area (Å²) in [6.07, 6.45) is 0. The Hall–Kier alpha value is -2.08. The van der Waals surface area contributed by atoms with Gasteiger partial charge in [-0.15, -0.1) is 0 Å². The van der Waals surface area contributed by atoms with Crippen molar-refractivity contribution >= 4 is 11.9 Å². The van der Waals surface area contributed by atoms with Crippen LogP contribution in [0.15, 0.2) is 24.3 Å². The third-order valence-corrected chi connectivity index (χ3v) is 2.59. The summed E-state index contributed by atoms with van der Waals surface area (Å²) in [6.45, 7) is 2.57. The average Bonchev–Trinajstić information content (AvgIpc) is 2.42. The van der Waals surface area contributed by atoms with Gasteiger partial charge >= 0.3 is 6.03 Å². The fourth-order valence-electron chi connectivity index (χ4n) is 1.41. The van der Waals surface area contributed by atoms with Gasteiger partial charge in [-0.3, -0.25) is 4.79 Å². The van der Waals surface area contributed by atoms with Crippen LogP contribution in [0.3, 0.4) is 0 Å². The van der Waals surface area contributed by atoms with Gasteiger partial charge in [-0.2, -0.15) is 0 Å². The van der Waals surface area contributed by atoms with Crippen molar-refractivity contribution in [2.45, 2.75) is 13.5 Å². The highest BCUT2D eigenvalue weighted by Gasteiger charge is 2.05. The summed E-state index contributed by atoms with van der Waals surface area (Å²) in [5.41, 5.74) is 6.38. The molecule has 1 aromatic carbocycles. The summed E-state index contributed by atoms with van der Waals surface area (Å²) in [5, 5.41) is 14.1. The second-order valence-corrected chi connectivity index (χ2v) is 4.42. The molecule has 0 heterocycles. The number of primary amides is 1. The molecule has 1 rings (SSSR count). The molecule has 0 radical (unpaired) electrons. The van der Waals surface area contributed by atoms with E-state index in [2.05, 4.69) is 10.6 Å². The van der Waals surface area contributed by atoms with Crippen LogP contribution in [0.2, 0.25) is 0 Å². The van der Waals surface area contributed by atoms with Crippen LogP contribution in [-0.2, 0) is 6.54 Å². The van der Waals surface area contributed by atoms with Gasteiger partial charge in [0.25, 0.3) is 0 Å². The Labute approximate surface area is 112 Å². The Morgan fingerprint density at radius 3 is 2.74 bits per heavy atom. The fourth-order valence-corrected chi connectivity index (χ4v) is 1.41. The molecule has 6 nitrogen and oxygen atoms in total. The van der Waals surface area contributed by atoms with Crippen molar-refractivity contribution in [1.82, 2.24) is 10.6 Å². The van der Waals surface area contributed by atoms with Crippen LogP contribution in [0.1, 0.15) is 22.8 Å². The van der Waals surface area contributed by atoms with Crippen LogP contribution in [0.25, 0.3) is 0 Å². The number of nitrogens with two attached hydrogens (primary N) is 1. The number of carbonyl (C=O) groups excluding carboxylic acids is 2. The highest BCUT2D eigenvalue weighted by Crippen LogP contribution is 2.04. The molecule has 0 saturated heterocycles. The molecule has 0 aromatic heterocycles. The molecule has 0 bridgehead atoms. The van der Waals surface area contributed by atoms with Gasteiger partial charge in [-0.25, -0.2) is 4.79 Å². The average molecular weight is 265 g/mol. The maximum absolute atomic E-state index is 11.5. The largest absolute Gasteiger partial charge is 0.396 e. The maximum atomic E-state index is 11.5. The molecule has 19 heavy (non-hydrogen) atoms. The van der Waals surface area contributed by atoms with Crippen LogP contribution >= 0.6 is 0 Å². The molecule has 0 spiro atoms. The third kappa shape index (κ3) is 5.39. The van der Waals surface area contributed by atoms with Crippen molar-refractivity contribution in [2.75, 3.05) is 13.2 Å². The van der Waals surface area contributed by atoms with Gasteiger partial charge in [0.15, 0.2) is 0 Å². The number of carbonyl (C=O) groups is 2. The SMILES string of the molecule is CC(CO)CNC(=O)NCc1cccc(C(N)=O)c1. The van der Waals surface area contributed by atoms with Gasteiger partial charge in [0.05, 0.1) is 0 Å². The standard InChI is InChI=1S/C13H19N3O3/c1-9(8-17)6-15-13(19)16-7-10-3-2-4-11(5-10)12(14)18/h2-5,9,17H,6-8H2,1H3,(H2,14,18)(H2,15,16,19). The van der Waals surface area contributed by atoms with Crippen LogP contribution in [-0.4, -0.2) is 30.2 Å². The third-order valence-electron chi connectivity index (χ3n) is 2.59. The van der Waals surface area contributed by atoms with Crippen LogP contribution in [0.5, 0.6) is 0 Å². The predicted molar refractivity (Wildman–Crippen MR) is 71.4 cm³/mol. The van der Waals surface area contributed by atoms with Crippen LogP contribution < -0.4 is 16.4 Å². The summed E-state index contributed by atoms with van der Waals surface area (Å²) in [6, 6.07) is 6.45. The van der Waals surface area contributed by atoms with Gasteiger partial charge in [0.2, 0.25) is 5.91 Å². The monoisotopic (exact) mass is 265 g/mol. The minimum Gasteiger partial charge on any atom is -0.396 e. The van der Waals surface area contributed by atoms with E-state index >= 15 is 0 Å². The minimum atomic E-state index is -0.497. The van der Waals surface area contributed by atoms with Crippen LogP contribution in [0, 0.1) is 5.92 Å². The second kappa shape index (κ2) is 7.38. The lowest BCUT2D eigenvalue weighted by molar-refractivity contribution is 0.1000. The van der Waals surface area contributed by atoms with Gasteiger partial charge in [-0.1, -0.05) is 19.1 Å². The lowest BCUT2D eigenvalue weighted by Gasteiger charge is -2.11. The molecular formula is C13H19N3O3. The number of hydrogen-bond acceptors (Lipinski definition) is 3. The quantitative estimate of drug-likeness (QED) is 0.591. The molecular weight excluding hydrogens is 246 g/mol. The zero-order valence-corrected chi connectivity index (χ0v) is 10.8. The van der Waals surface area contributed by atoms with Crippen molar-refractivity contribution in [2.24, 2.45) is 11.7 Å². The topological polar surface area (TPSA) is 104 Å². The van der Waals surface area contributed by atoms with E-state index in [4.69, 9.17) is 10.8 Å². The first-order chi connectivity index (χ1) is 9.02. The lowest BCUT2D eigenvalue weighted by atomic mass is 10.1. The van der Waals surface area contributed by atoms with E-state index in [1.165, 1.54) is 0 Å². The van der Waals surface area contributed by atoms with Crippen molar-refractivity contribution in [3.63, 3.8) is 0 Å². The highest BCUT2D eigenvalue weighted by atomic mass is 16.3. The van der Waals surface area contributed by atoms with E-state index in [1.54, 1.807) is 24.3 Å². The highest BCUT2D eigenvalue weighted by molar-refractivity contribution is 5.92. The Morgan fingerprint density at radius 2 is 2.11 bits per heavy atom. The molecule has 0 aliphatic heterocycles. The Kier molecular flexibility index (Phi) is 5.81. The van der Waals surface area contributed by atoms with E-state index in [0.29, 0.717) is 18.7 Å². The molecule has 5 N–H and O–H groups in total.